The molecule has 0 aliphatic carbocycles. The number of piperazine rings is 1. The fourth-order valence-corrected chi connectivity index (χ4v) is 2.79. The largest absolute Gasteiger partial charge is 0.494 e. The third-order valence-electron chi connectivity index (χ3n) is 4.35. The van der Waals surface area contributed by atoms with E-state index in [2.05, 4.69) is 37.9 Å². The van der Waals surface area contributed by atoms with Gasteiger partial charge in [0.2, 0.25) is 0 Å². The van der Waals surface area contributed by atoms with Crippen LogP contribution in [0.1, 0.15) is 34.1 Å². The third-order valence-corrected chi connectivity index (χ3v) is 4.35. The lowest BCUT2D eigenvalue weighted by Gasteiger charge is -2.44. The summed E-state index contributed by atoms with van der Waals surface area (Å²) in [6.45, 7) is 13.4. The standard InChI is InChI=1S/C18H30N2O/c1-15-13-19-17(18(2,3)4)14-20(15)11-8-12-21-16-9-6-5-7-10-16/h5-7,9-10,15,17,19H,8,11-14H2,1-4H3. The van der Waals surface area contributed by atoms with Gasteiger partial charge in [-0.05, 0) is 30.9 Å². The van der Waals surface area contributed by atoms with Crippen LogP contribution < -0.4 is 10.1 Å². The molecule has 3 heteroatoms. The van der Waals surface area contributed by atoms with Crippen molar-refractivity contribution >= 4 is 0 Å². The summed E-state index contributed by atoms with van der Waals surface area (Å²) >= 11 is 0. The second-order valence-electron chi connectivity index (χ2n) is 7.19. The lowest BCUT2D eigenvalue weighted by molar-refractivity contribution is 0.0886. The minimum atomic E-state index is 0.318. The highest BCUT2D eigenvalue weighted by Crippen LogP contribution is 2.23. The summed E-state index contributed by atoms with van der Waals surface area (Å²) in [5, 5.41) is 3.68. The molecule has 0 spiro atoms. The molecule has 2 unspecified atom stereocenters. The molecule has 0 amide bonds. The quantitative estimate of drug-likeness (QED) is 0.843. The highest BCUT2D eigenvalue weighted by molar-refractivity contribution is 5.20. The molecular formula is C18H30N2O. The summed E-state index contributed by atoms with van der Waals surface area (Å²) in [5.41, 5.74) is 0.318. The normalized spacial score (nSPS) is 24.0. The SMILES string of the molecule is CC1CNC(C(C)(C)C)CN1CCCOc1ccccc1. The minimum absolute atomic E-state index is 0.318. The van der Waals surface area contributed by atoms with Gasteiger partial charge in [-0.1, -0.05) is 39.0 Å². The van der Waals surface area contributed by atoms with Crippen molar-refractivity contribution in [3.63, 3.8) is 0 Å². The van der Waals surface area contributed by atoms with E-state index in [1.807, 2.05) is 30.3 Å². The van der Waals surface area contributed by atoms with E-state index < -0.39 is 0 Å². The summed E-state index contributed by atoms with van der Waals surface area (Å²) in [6, 6.07) is 11.3. The van der Waals surface area contributed by atoms with Gasteiger partial charge < -0.3 is 10.1 Å². The van der Waals surface area contributed by atoms with Crippen LogP contribution >= 0.6 is 0 Å². The molecule has 1 aromatic carbocycles. The summed E-state index contributed by atoms with van der Waals surface area (Å²) in [7, 11) is 0. The lowest BCUT2D eigenvalue weighted by Crippen LogP contribution is -2.59. The molecular weight excluding hydrogens is 260 g/mol. The number of hydrogen-bond acceptors (Lipinski definition) is 3. The van der Waals surface area contributed by atoms with E-state index in [1.165, 1.54) is 0 Å². The van der Waals surface area contributed by atoms with E-state index in [4.69, 9.17) is 4.74 Å². The molecule has 21 heavy (non-hydrogen) atoms. The molecule has 1 N–H and O–H groups in total. The number of benzene rings is 1. The first-order chi connectivity index (χ1) is 9.97. The van der Waals surface area contributed by atoms with E-state index in [0.29, 0.717) is 17.5 Å². The van der Waals surface area contributed by atoms with E-state index in [1.54, 1.807) is 0 Å². The zero-order valence-corrected chi connectivity index (χ0v) is 13.9. The molecule has 0 saturated carbocycles. The Kier molecular flexibility index (Phi) is 5.65. The topological polar surface area (TPSA) is 24.5 Å². The van der Waals surface area contributed by atoms with Crippen molar-refractivity contribution in [2.45, 2.75) is 46.2 Å². The zero-order chi connectivity index (χ0) is 15.3. The van der Waals surface area contributed by atoms with Crippen LogP contribution in [-0.4, -0.2) is 43.2 Å². The van der Waals surface area contributed by atoms with Gasteiger partial charge in [0, 0.05) is 31.7 Å². The number of ether oxygens (including phenoxy) is 1. The molecule has 1 aromatic rings. The Morgan fingerprint density at radius 2 is 1.95 bits per heavy atom. The molecule has 118 valence electrons. The van der Waals surface area contributed by atoms with Crippen LogP contribution in [0.4, 0.5) is 0 Å². The molecule has 0 aromatic heterocycles. The van der Waals surface area contributed by atoms with Crippen LogP contribution in [0.3, 0.4) is 0 Å². The number of nitrogens with zero attached hydrogens (tertiary/aromatic N) is 1. The van der Waals surface area contributed by atoms with Gasteiger partial charge in [0.05, 0.1) is 6.61 Å². The number of rotatable bonds is 5. The van der Waals surface area contributed by atoms with Crippen LogP contribution in [0, 0.1) is 5.41 Å². The van der Waals surface area contributed by atoms with Gasteiger partial charge >= 0.3 is 0 Å². The lowest BCUT2D eigenvalue weighted by atomic mass is 9.85. The van der Waals surface area contributed by atoms with E-state index in [-0.39, 0.29) is 0 Å². The first kappa shape index (κ1) is 16.3. The average molecular weight is 290 g/mol. The predicted octanol–water partition coefficient (Wildman–Crippen LogP) is 3.16. The van der Waals surface area contributed by atoms with Gasteiger partial charge in [0.1, 0.15) is 5.75 Å². The monoisotopic (exact) mass is 290 g/mol. The average Bonchev–Trinajstić information content (AvgIpc) is 2.45. The van der Waals surface area contributed by atoms with Gasteiger partial charge in [-0.3, -0.25) is 4.90 Å². The van der Waals surface area contributed by atoms with Gasteiger partial charge in [-0.2, -0.15) is 0 Å². The zero-order valence-electron chi connectivity index (χ0n) is 13.9. The minimum Gasteiger partial charge on any atom is -0.494 e. The Hall–Kier alpha value is -1.06. The van der Waals surface area contributed by atoms with Gasteiger partial charge in [-0.25, -0.2) is 0 Å². The van der Waals surface area contributed by atoms with Crippen LogP contribution in [0.25, 0.3) is 0 Å². The molecule has 1 fully saturated rings. The second-order valence-corrected chi connectivity index (χ2v) is 7.19. The molecule has 1 aliphatic heterocycles. The fraction of sp³-hybridized carbons (Fsp3) is 0.667. The summed E-state index contributed by atoms with van der Waals surface area (Å²) < 4.78 is 5.78. The van der Waals surface area contributed by atoms with Crippen molar-refractivity contribution in [1.29, 1.82) is 0 Å². The van der Waals surface area contributed by atoms with E-state index in [9.17, 15) is 0 Å². The Bertz CT molecular complexity index is 413. The van der Waals surface area contributed by atoms with Crippen LogP contribution in [0.5, 0.6) is 5.75 Å². The first-order valence-electron chi connectivity index (χ1n) is 8.12. The van der Waals surface area contributed by atoms with Crippen LogP contribution in [-0.2, 0) is 0 Å². The smallest absolute Gasteiger partial charge is 0.119 e. The maximum atomic E-state index is 5.78. The maximum Gasteiger partial charge on any atom is 0.119 e. The number of para-hydroxylation sites is 1. The molecule has 0 bridgehead atoms. The van der Waals surface area contributed by atoms with E-state index >= 15 is 0 Å². The molecule has 2 rings (SSSR count). The second kappa shape index (κ2) is 7.28. The predicted molar refractivity (Wildman–Crippen MR) is 88.8 cm³/mol. The van der Waals surface area contributed by atoms with Crippen molar-refractivity contribution < 1.29 is 4.74 Å². The summed E-state index contributed by atoms with van der Waals surface area (Å²) in [5.74, 6) is 0.971. The molecule has 1 saturated heterocycles. The molecule has 3 nitrogen and oxygen atoms in total. The Morgan fingerprint density at radius 1 is 1.24 bits per heavy atom. The molecule has 1 aliphatic rings. The molecule has 2 atom stereocenters. The number of hydrogen-bond donors (Lipinski definition) is 1. The van der Waals surface area contributed by atoms with Gasteiger partial charge in [-0.15, -0.1) is 0 Å². The van der Waals surface area contributed by atoms with Crippen molar-refractivity contribution in [2.24, 2.45) is 5.41 Å². The van der Waals surface area contributed by atoms with Crippen molar-refractivity contribution in [2.75, 3.05) is 26.2 Å². The fourth-order valence-electron chi connectivity index (χ4n) is 2.79. The number of nitrogens with one attached hydrogen (secondary N) is 1. The third kappa shape index (κ3) is 5.01. The summed E-state index contributed by atoms with van der Waals surface area (Å²) in [4.78, 5) is 2.60. The maximum absolute atomic E-state index is 5.78. The Labute approximate surface area is 129 Å². The highest BCUT2D eigenvalue weighted by Gasteiger charge is 2.31. The van der Waals surface area contributed by atoms with Crippen LogP contribution in [0.15, 0.2) is 30.3 Å². The highest BCUT2D eigenvalue weighted by atomic mass is 16.5. The van der Waals surface area contributed by atoms with Crippen molar-refractivity contribution in [3.05, 3.63) is 30.3 Å². The van der Waals surface area contributed by atoms with E-state index in [0.717, 1.165) is 38.4 Å². The van der Waals surface area contributed by atoms with Crippen molar-refractivity contribution in [1.82, 2.24) is 10.2 Å². The molecule has 0 radical (unpaired) electrons. The van der Waals surface area contributed by atoms with Crippen LogP contribution in [0.2, 0.25) is 0 Å². The Morgan fingerprint density at radius 3 is 2.62 bits per heavy atom. The summed E-state index contributed by atoms with van der Waals surface area (Å²) in [6.07, 6.45) is 1.08. The molecule has 1 heterocycles. The van der Waals surface area contributed by atoms with Gasteiger partial charge in [0.15, 0.2) is 0 Å². The van der Waals surface area contributed by atoms with Crippen molar-refractivity contribution in [3.8, 4) is 5.75 Å². The Balaban J connectivity index is 1.73. The first-order valence-corrected chi connectivity index (χ1v) is 8.12. The van der Waals surface area contributed by atoms with Gasteiger partial charge in [0.25, 0.3) is 0 Å².